The zero-order valence-corrected chi connectivity index (χ0v) is 10.5. The van der Waals surface area contributed by atoms with Crippen LogP contribution in [0.3, 0.4) is 0 Å². The number of amides is 1. The summed E-state index contributed by atoms with van der Waals surface area (Å²) in [5.41, 5.74) is 4.96. The molecule has 0 saturated heterocycles. The van der Waals surface area contributed by atoms with Gasteiger partial charge in [0.1, 0.15) is 5.15 Å². The maximum atomic E-state index is 13.4. The molecule has 0 aliphatic carbocycles. The fourth-order valence-corrected chi connectivity index (χ4v) is 1.61. The number of carbonyl (C=O) groups is 1. The Morgan fingerprint density at radius 1 is 1.25 bits per heavy atom. The molecule has 0 fully saturated rings. The van der Waals surface area contributed by atoms with Gasteiger partial charge < -0.3 is 11.1 Å². The third-order valence-electron chi connectivity index (χ3n) is 2.43. The number of nitrogens with one attached hydrogen (secondary N) is 1. The number of rotatable bonds is 2. The van der Waals surface area contributed by atoms with Crippen molar-refractivity contribution in [3.8, 4) is 0 Å². The van der Waals surface area contributed by atoms with Crippen LogP contribution >= 0.6 is 11.6 Å². The molecular formula is C12H7ClF3N3O. The lowest BCUT2D eigenvalue weighted by atomic mass is 10.2. The molecule has 1 aromatic heterocycles. The minimum Gasteiger partial charge on any atom is -0.397 e. The number of hydrogen-bond acceptors (Lipinski definition) is 3. The molecule has 20 heavy (non-hydrogen) atoms. The lowest BCUT2D eigenvalue weighted by Crippen LogP contribution is -2.16. The number of pyridine rings is 1. The van der Waals surface area contributed by atoms with E-state index in [9.17, 15) is 18.0 Å². The highest BCUT2D eigenvalue weighted by atomic mass is 35.5. The quantitative estimate of drug-likeness (QED) is 0.662. The van der Waals surface area contributed by atoms with Gasteiger partial charge in [-0.3, -0.25) is 4.79 Å². The van der Waals surface area contributed by atoms with Crippen molar-refractivity contribution < 1.29 is 18.0 Å². The van der Waals surface area contributed by atoms with Crippen molar-refractivity contribution in [2.24, 2.45) is 0 Å². The lowest BCUT2D eigenvalue weighted by molar-refractivity contribution is 0.102. The second-order valence-electron chi connectivity index (χ2n) is 3.77. The van der Waals surface area contributed by atoms with Gasteiger partial charge in [-0.05, 0) is 18.2 Å². The second-order valence-corrected chi connectivity index (χ2v) is 4.16. The average molecular weight is 302 g/mol. The fraction of sp³-hybridized carbons (Fsp3) is 0. The van der Waals surface area contributed by atoms with Crippen LogP contribution in [0.4, 0.5) is 24.5 Å². The van der Waals surface area contributed by atoms with Gasteiger partial charge in [-0.1, -0.05) is 11.6 Å². The molecule has 3 N–H and O–H groups in total. The summed E-state index contributed by atoms with van der Waals surface area (Å²) in [6.07, 6.45) is 1.15. The Morgan fingerprint density at radius 3 is 2.65 bits per heavy atom. The topological polar surface area (TPSA) is 68.0 Å². The van der Waals surface area contributed by atoms with E-state index >= 15 is 0 Å². The molecule has 104 valence electrons. The SMILES string of the molecule is Nc1cnc(Cl)cc1C(=O)Nc1ccc(F)c(F)c1F. The maximum Gasteiger partial charge on any atom is 0.258 e. The molecule has 0 aliphatic heterocycles. The number of carbonyl (C=O) groups excluding carboxylic acids is 1. The molecule has 1 aromatic carbocycles. The Kier molecular flexibility index (Phi) is 3.80. The molecule has 0 aliphatic rings. The summed E-state index contributed by atoms with van der Waals surface area (Å²) < 4.78 is 39.2. The van der Waals surface area contributed by atoms with E-state index in [4.69, 9.17) is 17.3 Å². The van der Waals surface area contributed by atoms with Gasteiger partial charge in [0, 0.05) is 0 Å². The van der Waals surface area contributed by atoms with E-state index in [2.05, 4.69) is 10.3 Å². The Bertz CT molecular complexity index is 694. The molecule has 2 aromatic rings. The van der Waals surface area contributed by atoms with Gasteiger partial charge in [-0.2, -0.15) is 0 Å². The Morgan fingerprint density at radius 2 is 1.95 bits per heavy atom. The number of aromatic nitrogens is 1. The van der Waals surface area contributed by atoms with Gasteiger partial charge in [0.15, 0.2) is 17.5 Å². The van der Waals surface area contributed by atoms with Gasteiger partial charge in [-0.15, -0.1) is 0 Å². The Labute approximate surface area is 116 Å². The zero-order chi connectivity index (χ0) is 14.9. The first-order valence-corrected chi connectivity index (χ1v) is 5.64. The van der Waals surface area contributed by atoms with Crippen molar-refractivity contribution in [2.45, 2.75) is 0 Å². The molecule has 4 nitrogen and oxygen atoms in total. The minimum absolute atomic E-state index is 0.00916. The smallest absolute Gasteiger partial charge is 0.258 e. The molecule has 0 saturated carbocycles. The van der Waals surface area contributed by atoms with Crippen LogP contribution in [-0.4, -0.2) is 10.9 Å². The average Bonchev–Trinajstić information content (AvgIpc) is 2.42. The van der Waals surface area contributed by atoms with Crippen LogP contribution in [0.25, 0.3) is 0 Å². The van der Waals surface area contributed by atoms with Gasteiger partial charge in [0.05, 0.1) is 23.1 Å². The second kappa shape index (κ2) is 5.38. The van der Waals surface area contributed by atoms with Crippen molar-refractivity contribution in [3.63, 3.8) is 0 Å². The fourth-order valence-electron chi connectivity index (χ4n) is 1.45. The summed E-state index contributed by atoms with van der Waals surface area (Å²) in [6, 6.07) is 2.76. The summed E-state index contributed by atoms with van der Waals surface area (Å²) in [6.45, 7) is 0. The number of hydrogen-bond donors (Lipinski definition) is 2. The monoisotopic (exact) mass is 301 g/mol. The van der Waals surface area contributed by atoms with E-state index in [1.165, 1.54) is 6.07 Å². The van der Waals surface area contributed by atoms with E-state index < -0.39 is 29.0 Å². The van der Waals surface area contributed by atoms with Gasteiger partial charge in [0.2, 0.25) is 0 Å². The summed E-state index contributed by atoms with van der Waals surface area (Å²) in [5, 5.41) is 2.08. The molecule has 0 unspecified atom stereocenters. The van der Waals surface area contributed by atoms with Crippen LogP contribution in [0.5, 0.6) is 0 Å². The summed E-state index contributed by atoms with van der Waals surface area (Å²) in [4.78, 5) is 15.5. The van der Waals surface area contributed by atoms with Gasteiger partial charge in [0.25, 0.3) is 5.91 Å². The van der Waals surface area contributed by atoms with Crippen molar-refractivity contribution in [1.29, 1.82) is 0 Å². The van der Waals surface area contributed by atoms with E-state index in [1.807, 2.05) is 0 Å². The van der Waals surface area contributed by atoms with Crippen LogP contribution < -0.4 is 11.1 Å². The number of nitrogens with two attached hydrogens (primary N) is 1. The van der Waals surface area contributed by atoms with Crippen LogP contribution in [0, 0.1) is 17.5 Å². The number of anilines is 2. The Hall–Kier alpha value is -2.28. The molecule has 8 heteroatoms. The van der Waals surface area contributed by atoms with Crippen LogP contribution in [0.15, 0.2) is 24.4 Å². The van der Waals surface area contributed by atoms with Gasteiger partial charge in [-0.25, -0.2) is 18.2 Å². The standard InChI is InChI=1S/C12H7ClF3N3O/c13-9-3-5(7(17)4-18-9)12(20)19-8-2-1-6(14)10(15)11(8)16/h1-4H,17H2,(H,19,20). The summed E-state index contributed by atoms with van der Waals surface area (Å²) >= 11 is 5.61. The summed E-state index contributed by atoms with van der Waals surface area (Å²) in [5.74, 6) is -5.36. The first kappa shape index (κ1) is 14.1. The third-order valence-corrected chi connectivity index (χ3v) is 2.64. The highest BCUT2D eigenvalue weighted by Crippen LogP contribution is 2.22. The normalized spacial score (nSPS) is 10.4. The van der Waals surface area contributed by atoms with Crippen molar-refractivity contribution in [1.82, 2.24) is 4.98 Å². The lowest BCUT2D eigenvalue weighted by Gasteiger charge is -2.09. The highest BCUT2D eigenvalue weighted by Gasteiger charge is 2.17. The van der Waals surface area contributed by atoms with E-state index in [0.717, 1.165) is 12.3 Å². The van der Waals surface area contributed by atoms with Crippen molar-refractivity contribution in [2.75, 3.05) is 11.1 Å². The molecule has 1 amide bonds. The molecule has 0 radical (unpaired) electrons. The first-order valence-electron chi connectivity index (χ1n) is 5.26. The predicted molar refractivity (Wildman–Crippen MR) is 67.9 cm³/mol. The molecule has 1 heterocycles. The summed E-state index contributed by atoms with van der Waals surface area (Å²) in [7, 11) is 0. The predicted octanol–water partition coefficient (Wildman–Crippen LogP) is 2.99. The van der Waals surface area contributed by atoms with Crippen LogP contribution in [-0.2, 0) is 0 Å². The largest absolute Gasteiger partial charge is 0.397 e. The Balaban J connectivity index is 2.33. The van der Waals surface area contributed by atoms with Crippen molar-refractivity contribution >= 4 is 28.9 Å². The van der Waals surface area contributed by atoms with E-state index in [1.54, 1.807) is 0 Å². The van der Waals surface area contributed by atoms with Crippen LogP contribution in [0.2, 0.25) is 5.15 Å². The third kappa shape index (κ3) is 2.67. The number of nitrogen functional groups attached to an aromatic ring is 1. The molecule has 2 rings (SSSR count). The van der Waals surface area contributed by atoms with E-state index in [0.29, 0.717) is 6.07 Å². The van der Waals surface area contributed by atoms with E-state index in [-0.39, 0.29) is 16.4 Å². The van der Waals surface area contributed by atoms with Crippen molar-refractivity contribution in [3.05, 3.63) is 52.6 Å². The highest BCUT2D eigenvalue weighted by molar-refractivity contribution is 6.30. The number of benzene rings is 1. The zero-order valence-electron chi connectivity index (χ0n) is 9.75. The minimum atomic E-state index is -1.68. The molecule has 0 spiro atoms. The van der Waals surface area contributed by atoms with Crippen LogP contribution in [0.1, 0.15) is 10.4 Å². The maximum absolute atomic E-state index is 13.4. The number of halogens is 4. The van der Waals surface area contributed by atoms with Gasteiger partial charge >= 0.3 is 0 Å². The molecular weight excluding hydrogens is 295 g/mol. The first-order chi connectivity index (χ1) is 9.40. The molecule has 0 bridgehead atoms. The number of nitrogens with zero attached hydrogens (tertiary/aromatic N) is 1. The molecule has 0 atom stereocenters.